The molecule has 0 aliphatic rings. The van der Waals surface area contributed by atoms with Crippen LogP contribution in [0.5, 0.6) is 0 Å². The van der Waals surface area contributed by atoms with E-state index in [0.29, 0.717) is 19.5 Å². The summed E-state index contributed by atoms with van der Waals surface area (Å²) in [4.78, 5) is 34.1. The number of hydrogen-bond acceptors (Lipinski definition) is 8. The minimum Gasteiger partial charge on any atom is -0.462 e. The molecule has 0 amide bonds. The second kappa shape index (κ2) is 12.6. The maximum Gasteiger partial charge on any atom is 0.323 e. The van der Waals surface area contributed by atoms with Crippen LogP contribution in [0.25, 0.3) is 0 Å². The number of esters is 3. The molecule has 26 heavy (non-hydrogen) atoms. The Kier molecular flexibility index (Phi) is 11.8. The highest BCUT2D eigenvalue weighted by Crippen LogP contribution is 2.10. The summed E-state index contributed by atoms with van der Waals surface area (Å²) in [5.41, 5.74) is 5.28. The number of nitrogens with one attached hydrogen (secondary N) is 1. The van der Waals surface area contributed by atoms with Gasteiger partial charge in [-0.05, 0) is 40.2 Å². The van der Waals surface area contributed by atoms with Crippen molar-refractivity contribution in [3.8, 4) is 0 Å². The molecule has 3 N–H and O–H groups in total. The van der Waals surface area contributed by atoms with Crippen molar-refractivity contribution >= 4 is 17.9 Å². The minimum atomic E-state index is -0.628. The first-order valence-electron chi connectivity index (χ1n) is 9.07. The van der Waals surface area contributed by atoms with Crippen molar-refractivity contribution in [1.82, 2.24) is 5.32 Å². The summed E-state index contributed by atoms with van der Waals surface area (Å²) in [5, 5.41) is 3.15. The maximum absolute atomic E-state index is 11.8. The van der Waals surface area contributed by atoms with Crippen molar-refractivity contribution in [3.05, 3.63) is 0 Å². The van der Waals surface area contributed by atoms with Gasteiger partial charge in [-0.15, -0.1) is 0 Å². The molecule has 8 heteroatoms. The monoisotopic (exact) mass is 374 g/mol. The molecule has 0 saturated carbocycles. The summed E-state index contributed by atoms with van der Waals surface area (Å²) < 4.78 is 15.3. The lowest BCUT2D eigenvalue weighted by molar-refractivity contribution is -0.157. The third-order valence-corrected chi connectivity index (χ3v) is 3.25. The second-order valence-corrected chi connectivity index (χ2v) is 7.11. The Bertz CT molecular complexity index is 447. The van der Waals surface area contributed by atoms with E-state index in [1.54, 1.807) is 27.7 Å². The van der Waals surface area contributed by atoms with Gasteiger partial charge in [0.1, 0.15) is 24.4 Å². The zero-order valence-corrected chi connectivity index (χ0v) is 16.6. The van der Waals surface area contributed by atoms with E-state index in [-0.39, 0.29) is 19.0 Å². The Balaban J connectivity index is 3.97. The molecule has 2 atom stereocenters. The van der Waals surface area contributed by atoms with E-state index in [4.69, 9.17) is 19.9 Å². The number of carbonyl (C=O) groups is 3. The molecule has 0 aliphatic heterocycles. The van der Waals surface area contributed by atoms with Crippen LogP contribution in [0.1, 0.15) is 60.3 Å². The number of hydrogen-bond donors (Lipinski definition) is 2. The highest BCUT2D eigenvalue weighted by Gasteiger charge is 2.21. The lowest BCUT2D eigenvalue weighted by Crippen LogP contribution is -2.37. The topological polar surface area (TPSA) is 117 Å². The van der Waals surface area contributed by atoms with Crippen molar-refractivity contribution < 1.29 is 28.6 Å². The molecule has 0 radical (unpaired) electrons. The van der Waals surface area contributed by atoms with Gasteiger partial charge >= 0.3 is 17.9 Å². The smallest absolute Gasteiger partial charge is 0.323 e. The third-order valence-electron chi connectivity index (χ3n) is 3.25. The molecule has 0 saturated heterocycles. The lowest BCUT2D eigenvalue weighted by atomic mass is 10.1. The molecule has 0 rings (SSSR count). The molecule has 0 aromatic carbocycles. The normalized spacial score (nSPS) is 13.6. The summed E-state index contributed by atoms with van der Waals surface area (Å²) >= 11 is 0. The van der Waals surface area contributed by atoms with Crippen LogP contribution in [-0.4, -0.2) is 55.4 Å². The predicted molar refractivity (Wildman–Crippen MR) is 97.3 cm³/mol. The fourth-order valence-electron chi connectivity index (χ4n) is 2.03. The van der Waals surface area contributed by atoms with Gasteiger partial charge < -0.3 is 25.3 Å². The summed E-state index contributed by atoms with van der Waals surface area (Å²) in [5.74, 6) is -1.15. The van der Waals surface area contributed by atoms with E-state index in [1.165, 1.54) is 6.92 Å². The fourth-order valence-corrected chi connectivity index (χ4v) is 2.03. The standard InChI is InChI=1S/C18H34N2O6/c1-6-16(22)24-12-14(25-13(2)21)11-20-10-8-7-9-15(19)17(23)26-18(3,4)5/h14-15,20H,6-12,19H2,1-5H3. The highest BCUT2D eigenvalue weighted by molar-refractivity contribution is 5.75. The van der Waals surface area contributed by atoms with Gasteiger partial charge in [0.15, 0.2) is 0 Å². The molecule has 0 spiro atoms. The Morgan fingerprint density at radius 2 is 1.81 bits per heavy atom. The number of ether oxygens (including phenoxy) is 3. The van der Waals surface area contributed by atoms with E-state index in [2.05, 4.69) is 5.32 Å². The molecule has 0 fully saturated rings. The largest absolute Gasteiger partial charge is 0.462 e. The highest BCUT2D eigenvalue weighted by atomic mass is 16.6. The van der Waals surface area contributed by atoms with E-state index in [9.17, 15) is 14.4 Å². The summed E-state index contributed by atoms with van der Waals surface area (Å²) in [6, 6.07) is -0.628. The SMILES string of the molecule is CCC(=O)OCC(CNCCCCC(N)C(=O)OC(C)(C)C)OC(C)=O. The molecule has 0 aliphatic carbocycles. The quantitative estimate of drug-likeness (QED) is 0.298. The average Bonchev–Trinajstić information content (AvgIpc) is 2.52. The zero-order valence-electron chi connectivity index (χ0n) is 16.6. The van der Waals surface area contributed by atoms with Crippen molar-refractivity contribution in [2.75, 3.05) is 19.7 Å². The lowest BCUT2D eigenvalue weighted by Gasteiger charge is -2.22. The van der Waals surface area contributed by atoms with Crippen molar-refractivity contribution in [2.24, 2.45) is 5.73 Å². The van der Waals surface area contributed by atoms with E-state index in [1.807, 2.05) is 0 Å². The first-order chi connectivity index (χ1) is 12.0. The van der Waals surface area contributed by atoms with Crippen LogP contribution in [0.3, 0.4) is 0 Å². The average molecular weight is 374 g/mol. The molecule has 0 heterocycles. The molecule has 0 aromatic heterocycles. The van der Waals surface area contributed by atoms with Crippen LogP contribution >= 0.6 is 0 Å². The Morgan fingerprint density at radius 1 is 1.15 bits per heavy atom. The second-order valence-electron chi connectivity index (χ2n) is 7.11. The van der Waals surface area contributed by atoms with Crippen LogP contribution in [0.2, 0.25) is 0 Å². The van der Waals surface area contributed by atoms with Crippen molar-refractivity contribution in [1.29, 1.82) is 0 Å². The van der Waals surface area contributed by atoms with E-state index >= 15 is 0 Å². The van der Waals surface area contributed by atoms with Gasteiger partial charge in [-0.2, -0.15) is 0 Å². The van der Waals surface area contributed by atoms with Crippen LogP contribution in [0.4, 0.5) is 0 Å². The Hall–Kier alpha value is -1.67. The van der Waals surface area contributed by atoms with E-state index in [0.717, 1.165) is 12.8 Å². The van der Waals surface area contributed by atoms with E-state index < -0.39 is 29.7 Å². The van der Waals surface area contributed by atoms with Crippen molar-refractivity contribution in [3.63, 3.8) is 0 Å². The van der Waals surface area contributed by atoms with Gasteiger partial charge in [-0.1, -0.05) is 13.3 Å². The van der Waals surface area contributed by atoms with Gasteiger partial charge in [0, 0.05) is 19.9 Å². The van der Waals surface area contributed by atoms with Gasteiger partial charge in [0.05, 0.1) is 0 Å². The molecule has 0 bridgehead atoms. The maximum atomic E-state index is 11.8. The Labute approximate surface area is 156 Å². The predicted octanol–water partition coefficient (Wildman–Crippen LogP) is 1.30. The zero-order chi connectivity index (χ0) is 20.2. The van der Waals surface area contributed by atoms with Gasteiger partial charge in [0.25, 0.3) is 0 Å². The fraction of sp³-hybridized carbons (Fsp3) is 0.833. The molecule has 8 nitrogen and oxygen atoms in total. The number of nitrogens with two attached hydrogens (primary N) is 1. The summed E-state index contributed by atoms with van der Waals surface area (Å²) in [6.07, 6.45) is 1.86. The van der Waals surface area contributed by atoms with Crippen LogP contribution in [-0.2, 0) is 28.6 Å². The molecule has 0 aromatic rings. The number of carbonyl (C=O) groups excluding carboxylic acids is 3. The summed E-state index contributed by atoms with van der Waals surface area (Å²) in [6.45, 7) is 9.50. The molecule has 152 valence electrons. The van der Waals surface area contributed by atoms with Crippen molar-refractivity contribution in [2.45, 2.75) is 78.0 Å². The third kappa shape index (κ3) is 13.6. The molecular formula is C18H34N2O6. The molecule has 2 unspecified atom stereocenters. The van der Waals surface area contributed by atoms with Gasteiger partial charge in [0.2, 0.25) is 0 Å². The van der Waals surface area contributed by atoms with Crippen LogP contribution in [0, 0.1) is 0 Å². The minimum absolute atomic E-state index is 0.0305. The summed E-state index contributed by atoms with van der Waals surface area (Å²) in [7, 11) is 0. The first-order valence-corrected chi connectivity index (χ1v) is 9.07. The van der Waals surface area contributed by atoms with Gasteiger partial charge in [-0.3, -0.25) is 14.4 Å². The van der Waals surface area contributed by atoms with Crippen LogP contribution in [0.15, 0.2) is 0 Å². The first kappa shape index (κ1) is 24.3. The number of rotatable bonds is 12. The van der Waals surface area contributed by atoms with Gasteiger partial charge in [-0.25, -0.2) is 0 Å². The Morgan fingerprint density at radius 3 is 2.35 bits per heavy atom. The molecular weight excluding hydrogens is 340 g/mol. The van der Waals surface area contributed by atoms with Crippen LogP contribution < -0.4 is 11.1 Å². The number of unbranched alkanes of at least 4 members (excludes halogenated alkanes) is 1.